The Labute approximate surface area is 204 Å². The topological polar surface area (TPSA) is 88.5 Å². The summed E-state index contributed by atoms with van der Waals surface area (Å²) >= 11 is 0. The summed E-state index contributed by atoms with van der Waals surface area (Å²) in [6.07, 6.45) is 3.43. The van der Waals surface area contributed by atoms with Crippen LogP contribution in [0.5, 0.6) is 0 Å². The van der Waals surface area contributed by atoms with Crippen molar-refractivity contribution in [2.45, 2.75) is 75.4 Å². The molecule has 8 heteroatoms. The highest BCUT2D eigenvalue weighted by atomic mass is 16.7. The SMILES string of the molecule is CC(C)(C)OC(=O)N1C2=CCC34CCCN5C(=O)[C@H](C6(CC3O)OCCO6)[C@@]2(c2ccccc21)[C@@H]54. The number of allylic oxidation sites excluding steroid dienone is 1. The summed E-state index contributed by atoms with van der Waals surface area (Å²) in [4.78, 5) is 31.7. The molecule has 1 saturated carbocycles. The van der Waals surface area contributed by atoms with Gasteiger partial charge in [-0.1, -0.05) is 24.3 Å². The minimum absolute atomic E-state index is 0.00140. The second-order valence-corrected chi connectivity index (χ2v) is 11.9. The number of carbonyl (C=O) groups is 2. The fraction of sp³-hybridized carbons (Fsp3) is 0.630. The van der Waals surface area contributed by atoms with E-state index in [2.05, 4.69) is 6.08 Å². The number of piperidine rings is 1. The van der Waals surface area contributed by atoms with Crippen molar-refractivity contribution in [1.82, 2.24) is 4.90 Å². The average Bonchev–Trinajstić information content (AvgIpc) is 3.45. The van der Waals surface area contributed by atoms with Crippen LogP contribution in [0.3, 0.4) is 0 Å². The second kappa shape index (κ2) is 6.66. The highest BCUT2D eigenvalue weighted by Crippen LogP contribution is 2.72. The number of rotatable bonds is 0. The number of aliphatic hydroxyl groups excluding tert-OH is 1. The number of aliphatic hydroxyl groups is 1. The molecular formula is C27H32N2O6. The fourth-order valence-electron chi connectivity index (χ4n) is 8.30. The lowest BCUT2D eigenvalue weighted by Crippen LogP contribution is -2.63. The van der Waals surface area contributed by atoms with E-state index >= 15 is 0 Å². The Hall–Kier alpha value is -2.42. The van der Waals surface area contributed by atoms with Crippen molar-refractivity contribution in [3.63, 3.8) is 0 Å². The predicted octanol–water partition coefficient (Wildman–Crippen LogP) is 3.08. The number of anilines is 1. The maximum Gasteiger partial charge on any atom is 0.419 e. The average molecular weight is 481 g/mol. The largest absolute Gasteiger partial charge is 0.443 e. The van der Waals surface area contributed by atoms with Gasteiger partial charge in [0.05, 0.1) is 36.5 Å². The fourth-order valence-corrected chi connectivity index (χ4v) is 8.30. The number of nitrogens with zero attached hydrogens (tertiary/aromatic N) is 2. The summed E-state index contributed by atoms with van der Waals surface area (Å²) in [6, 6.07) is 7.55. The van der Waals surface area contributed by atoms with E-state index in [1.54, 1.807) is 4.90 Å². The standard InChI is InChI=1S/C27H32N2O6/c1-24(2,3)35-23(32)29-17-8-5-4-7-16(17)27-18(29)9-11-25-10-6-12-28(22(25)27)21(31)20(27)26(15-19(25)30)33-13-14-34-26/h4-5,7-9,19-20,22,30H,6,10-15H2,1-3H3/t19?,20-,22+,25?,27+/m1/s1. The lowest BCUT2D eigenvalue weighted by atomic mass is 9.53. The van der Waals surface area contributed by atoms with Crippen molar-refractivity contribution in [1.29, 1.82) is 0 Å². The highest BCUT2D eigenvalue weighted by molar-refractivity contribution is 6.01. The summed E-state index contributed by atoms with van der Waals surface area (Å²) in [5, 5.41) is 11.8. The zero-order valence-electron chi connectivity index (χ0n) is 20.5. The molecule has 0 radical (unpaired) electrons. The number of hydrogen-bond donors (Lipinski definition) is 1. The monoisotopic (exact) mass is 480 g/mol. The van der Waals surface area contributed by atoms with Gasteiger partial charge in [0.1, 0.15) is 11.5 Å². The predicted molar refractivity (Wildman–Crippen MR) is 125 cm³/mol. The molecule has 1 N–H and O–H groups in total. The van der Waals surface area contributed by atoms with E-state index in [1.807, 2.05) is 49.9 Å². The summed E-state index contributed by atoms with van der Waals surface area (Å²) in [7, 11) is 0. The van der Waals surface area contributed by atoms with Gasteiger partial charge >= 0.3 is 6.09 Å². The van der Waals surface area contributed by atoms with E-state index in [1.165, 1.54) is 0 Å². The van der Waals surface area contributed by atoms with E-state index in [0.29, 0.717) is 26.2 Å². The molecule has 8 nitrogen and oxygen atoms in total. The smallest absolute Gasteiger partial charge is 0.419 e. The van der Waals surface area contributed by atoms with Crippen LogP contribution in [0.15, 0.2) is 36.0 Å². The van der Waals surface area contributed by atoms with Crippen LogP contribution in [-0.2, 0) is 24.4 Å². The van der Waals surface area contributed by atoms with Crippen molar-refractivity contribution < 1.29 is 28.9 Å². The van der Waals surface area contributed by atoms with Crippen molar-refractivity contribution in [3.8, 4) is 0 Å². The van der Waals surface area contributed by atoms with Gasteiger partial charge in [-0.2, -0.15) is 0 Å². The van der Waals surface area contributed by atoms with Crippen molar-refractivity contribution >= 4 is 17.7 Å². The second-order valence-electron chi connectivity index (χ2n) is 11.9. The lowest BCUT2D eigenvalue weighted by molar-refractivity contribution is -0.222. The minimum atomic E-state index is -1.23. The van der Waals surface area contributed by atoms with E-state index < -0.39 is 40.3 Å². The van der Waals surface area contributed by atoms with Gasteiger partial charge in [0.15, 0.2) is 5.79 Å². The normalized spacial score (nSPS) is 38.2. The Morgan fingerprint density at radius 3 is 2.69 bits per heavy atom. The number of para-hydroxylation sites is 1. The van der Waals surface area contributed by atoms with Gasteiger partial charge in [-0.15, -0.1) is 0 Å². The molecule has 3 saturated heterocycles. The third-order valence-electron chi connectivity index (χ3n) is 9.18. The van der Waals surface area contributed by atoms with Crippen molar-refractivity contribution in [2.75, 3.05) is 24.7 Å². The molecule has 4 heterocycles. The van der Waals surface area contributed by atoms with Gasteiger partial charge in [0.2, 0.25) is 5.91 Å². The Morgan fingerprint density at radius 1 is 1.20 bits per heavy atom. The van der Waals surface area contributed by atoms with Gasteiger partial charge in [-0.25, -0.2) is 9.69 Å². The molecule has 7 rings (SSSR count). The zero-order chi connectivity index (χ0) is 24.4. The molecular weight excluding hydrogens is 448 g/mol. The molecule has 4 aliphatic heterocycles. The first-order valence-electron chi connectivity index (χ1n) is 12.8. The van der Waals surface area contributed by atoms with Crippen LogP contribution in [0.25, 0.3) is 0 Å². The molecule has 186 valence electrons. The van der Waals surface area contributed by atoms with Gasteiger partial charge in [0, 0.05) is 24.1 Å². The first-order valence-corrected chi connectivity index (χ1v) is 12.8. The van der Waals surface area contributed by atoms with Crippen LogP contribution >= 0.6 is 0 Å². The molecule has 35 heavy (non-hydrogen) atoms. The minimum Gasteiger partial charge on any atom is -0.443 e. The highest BCUT2D eigenvalue weighted by Gasteiger charge is 2.81. The third-order valence-corrected chi connectivity index (χ3v) is 9.18. The van der Waals surface area contributed by atoms with E-state index in [4.69, 9.17) is 14.2 Å². The molecule has 2 spiro atoms. The molecule has 2 unspecified atom stereocenters. The van der Waals surface area contributed by atoms with Crippen molar-refractivity contribution in [3.05, 3.63) is 41.6 Å². The first-order chi connectivity index (χ1) is 16.7. The number of hydrogen-bond acceptors (Lipinski definition) is 6. The van der Waals surface area contributed by atoms with Gasteiger partial charge in [-0.3, -0.25) is 4.79 Å². The molecule has 0 aromatic heterocycles. The number of fused-ring (bicyclic) bond motifs is 2. The zero-order valence-corrected chi connectivity index (χ0v) is 20.5. The third kappa shape index (κ3) is 2.43. The Kier molecular flexibility index (Phi) is 4.16. The van der Waals surface area contributed by atoms with Gasteiger partial charge in [-0.05, 0) is 51.7 Å². The van der Waals surface area contributed by atoms with Crippen LogP contribution in [0.1, 0.15) is 52.0 Å². The lowest BCUT2D eigenvalue weighted by Gasteiger charge is -2.56. The Morgan fingerprint density at radius 2 is 1.94 bits per heavy atom. The molecule has 4 bridgehead atoms. The van der Waals surface area contributed by atoms with Crippen LogP contribution in [0.2, 0.25) is 0 Å². The van der Waals surface area contributed by atoms with Gasteiger partial charge in [0.25, 0.3) is 0 Å². The van der Waals surface area contributed by atoms with Crippen LogP contribution < -0.4 is 4.90 Å². The maximum absolute atomic E-state index is 14.3. The molecule has 6 aliphatic rings. The summed E-state index contributed by atoms with van der Waals surface area (Å²) in [5.41, 5.74) is 0.350. The van der Waals surface area contributed by atoms with Crippen molar-refractivity contribution in [2.24, 2.45) is 11.3 Å². The number of amides is 2. The quantitative estimate of drug-likeness (QED) is 0.614. The Bertz CT molecular complexity index is 1170. The van der Waals surface area contributed by atoms with E-state index in [-0.39, 0.29) is 18.4 Å². The summed E-state index contributed by atoms with van der Waals surface area (Å²) in [5.74, 6) is -1.93. The summed E-state index contributed by atoms with van der Waals surface area (Å²) in [6.45, 7) is 6.95. The summed E-state index contributed by atoms with van der Waals surface area (Å²) < 4.78 is 18.5. The number of ether oxygens (including phenoxy) is 3. The van der Waals surface area contributed by atoms with Crippen LogP contribution in [0, 0.1) is 11.3 Å². The first kappa shape index (κ1) is 21.8. The molecule has 5 atom stereocenters. The van der Waals surface area contributed by atoms with E-state index in [9.17, 15) is 14.7 Å². The van der Waals surface area contributed by atoms with Gasteiger partial charge < -0.3 is 24.2 Å². The number of carbonyl (C=O) groups excluding carboxylic acids is 2. The van der Waals surface area contributed by atoms with E-state index in [0.717, 1.165) is 29.8 Å². The number of benzene rings is 1. The van der Waals surface area contributed by atoms with Crippen LogP contribution in [0.4, 0.5) is 10.5 Å². The molecule has 2 amide bonds. The molecule has 1 aromatic carbocycles. The molecule has 1 aromatic rings. The van der Waals surface area contributed by atoms with Crippen LogP contribution in [-0.4, -0.2) is 65.3 Å². The maximum atomic E-state index is 14.3. The molecule has 4 fully saturated rings. The molecule has 2 aliphatic carbocycles. The Balaban J connectivity index is 1.54.